The summed E-state index contributed by atoms with van der Waals surface area (Å²) >= 11 is 0. The summed E-state index contributed by atoms with van der Waals surface area (Å²) in [6.07, 6.45) is 1.74. The van der Waals surface area contributed by atoms with Gasteiger partial charge in [-0.15, -0.1) is 10.2 Å². The van der Waals surface area contributed by atoms with Crippen LogP contribution in [0.2, 0.25) is 0 Å². The van der Waals surface area contributed by atoms with Gasteiger partial charge in [0.05, 0.1) is 5.56 Å². The van der Waals surface area contributed by atoms with Crippen LogP contribution in [0.5, 0.6) is 5.75 Å². The van der Waals surface area contributed by atoms with Crippen LogP contribution in [-0.4, -0.2) is 39.2 Å². The molecule has 2 aromatic carbocycles. The predicted molar refractivity (Wildman–Crippen MR) is 103 cm³/mol. The number of rotatable bonds is 3. The topological polar surface area (TPSA) is 79.5 Å². The molecule has 3 aromatic rings. The second kappa shape index (κ2) is 6.40. The lowest BCUT2D eigenvalue weighted by Crippen LogP contribution is -2.63. The highest BCUT2D eigenvalue weighted by molar-refractivity contribution is 5.95. The van der Waals surface area contributed by atoms with Crippen LogP contribution in [-0.2, 0) is 0 Å². The van der Waals surface area contributed by atoms with E-state index in [1.54, 1.807) is 4.90 Å². The Morgan fingerprint density at radius 3 is 2.72 bits per heavy atom. The first-order valence-corrected chi connectivity index (χ1v) is 9.61. The van der Waals surface area contributed by atoms with Crippen molar-refractivity contribution in [2.75, 3.05) is 13.1 Å². The number of halogens is 1. The average Bonchev–Trinajstić information content (AvgIpc) is 3.11. The van der Waals surface area contributed by atoms with Crippen molar-refractivity contribution in [2.45, 2.75) is 25.7 Å². The number of phenolic OH excluding ortho intramolecular Hbond substituents is 1. The molecule has 1 saturated heterocycles. The summed E-state index contributed by atoms with van der Waals surface area (Å²) in [4.78, 5) is 14.1. The van der Waals surface area contributed by atoms with Gasteiger partial charge in [0.15, 0.2) is 0 Å². The maximum Gasteiger partial charge on any atom is 0.257 e. The van der Waals surface area contributed by atoms with Gasteiger partial charge in [-0.2, -0.15) is 0 Å². The van der Waals surface area contributed by atoms with Crippen molar-refractivity contribution in [3.63, 3.8) is 0 Å². The highest BCUT2D eigenvalue weighted by Crippen LogP contribution is 2.56. The van der Waals surface area contributed by atoms with Crippen LogP contribution in [0.4, 0.5) is 4.39 Å². The predicted octanol–water partition coefficient (Wildman–Crippen LogP) is 3.91. The lowest BCUT2D eigenvalue weighted by molar-refractivity contribution is -0.0601. The van der Waals surface area contributed by atoms with Crippen LogP contribution in [0.3, 0.4) is 0 Å². The standard InChI is InChI=1S/C22H20FN3O3/c1-13-4-2-3-5-16(13)20-25-24-19(29-20)14-9-22(10-14)11-26(12-22)21(28)17-8-15(27)6-7-18(17)23/h2-8,14,27H,9-12H2,1H3. The molecule has 1 aromatic heterocycles. The first-order chi connectivity index (χ1) is 13.9. The molecule has 1 aliphatic carbocycles. The summed E-state index contributed by atoms with van der Waals surface area (Å²) < 4.78 is 19.8. The zero-order valence-electron chi connectivity index (χ0n) is 15.9. The Bertz CT molecular complexity index is 1100. The van der Waals surface area contributed by atoms with Crippen molar-refractivity contribution in [3.05, 3.63) is 65.3 Å². The number of hydrogen-bond acceptors (Lipinski definition) is 5. The van der Waals surface area contributed by atoms with E-state index in [9.17, 15) is 14.3 Å². The van der Waals surface area contributed by atoms with Gasteiger partial charge < -0.3 is 14.4 Å². The molecule has 0 bridgehead atoms. The molecule has 2 aliphatic rings. The van der Waals surface area contributed by atoms with E-state index in [0.29, 0.717) is 24.9 Å². The maximum absolute atomic E-state index is 13.9. The molecule has 2 fully saturated rings. The van der Waals surface area contributed by atoms with Crippen molar-refractivity contribution in [2.24, 2.45) is 5.41 Å². The molecule has 1 spiro atoms. The van der Waals surface area contributed by atoms with E-state index in [1.807, 2.05) is 31.2 Å². The van der Waals surface area contributed by atoms with Gasteiger partial charge in [-0.1, -0.05) is 18.2 Å². The summed E-state index contributed by atoms with van der Waals surface area (Å²) in [5, 5.41) is 17.9. The molecule has 7 heteroatoms. The van der Waals surface area contributed by atoms with Crippen LogP contribution in [0, 0.1) is 18.2 Å². The third-order valence-corrected chi connectivity index (χ3v) is 6.04. The Morgan fingerprint density at radius 2 is 1.97 bits per heavy atom. The first-order valence-electron chi connectivity index (χ1n) is 9.61. The van der Waals surface area contributed by atoms with Crippen LogP contribution in [0.25, 0.3) is 11.5 Å². The molecule has 5 rings (SSSR count). The third kappa shape index (κ3) is 2.97. The lowest BCUT2D eigenvalue weighted by Gasteiger charge is -2.58. The molecule has 1 saturated carbocycles. The lowest BCUT2D eigenvalue weighted by atomic mass is 9.57. The second-order valence-corrected chi connectivity index (χ2v) is 8.19. The minimum atomic E-state index is -0.616. The molecular formula is C22H20FN3O3. The normalized spacial score (nSPS) is 17.8. The number of phenols is 1. The Kier molecular flexibility index (Phi) is 3.94. The van der Waals surface area contributed by atoms with E-state index >= 15 is 0 Å². The summed E-state index contributed by atoms with van der Waals surface area (Å²) in [6, 6.07) is 11.4. The van der Waals surface area contributed by atoms with Gasteiger partial charge in [-0.05, 0) is 49.6 Å². The van der Waals surface area contributed by atoms with E-state index in [2.05, 4.69) is 10.2 Å². The van der Waals surface area contributed by atoms with Crippen molar-refractivity contribution in [1.82, 2.24) is 15.1 Å². The van der Waals surface area contributed by atoms with E-state index in [0.717, 1.165) is 30.0 Å². The van der Waals surface area contributed by atoms with E-state index < -0.39 is 5.82 Å². The Morgan fingerprint density at radius 1 is 1.21 bits per heavy atom. The van der Waals surface area contributed by atoms with Crippen molar-refractivity contribution >= 4 is 5.91 Å². The van der Waals surface area contributed by atoms with Crippen molar-refractivity contribution in [3.8, 4) is 17.2 Å². The highest BCUT2D eigenvalue weighted by Gasteiger charge is 2.55. The van der Waals surface area contributed by atoms with Gasteiger partial charge in [0.25, 0.3) is 5.91 Å². The van der Waals surface area contributed by atoms with Gasteiger partial charge in [0, 0.05) is 30.0 Å². The van der Waals surface area contributed by atoms with Crippen LogP contribution in [0.15, 0.2) is 46.9 Å². The summed E-state index contributed by atoms with van der Waals surface area (Å²) in [6.45, 7) is 3.17. The van der Waals surface area contributed by atoms with Gasteiger partial charge in [-0.3, -0.25) is 4.79 Å². The summed E-state index contributed by atoms with van der Waals surface area (Å²) in [5.74, 6) is 0.244. The third-order valence-electron chi connectivity index (χ3n) is 6.04. The molecule has 148 valence electrons. The van der Waals surface area contributed by atoms with Crippen LogP contribution >= 0.6 is 0 Å². The fourth-order valence-electron chi connectivity index (χ4n) is 4.49. The number of carbonyl (C=O) groups is 1. The fourth-order valence-corrected chi connectivity index (χ4v) is 4.49. The highest BCUT2D eigenvalue weighted by atomic mass is 19.1. The number of benzene rings is 2. The SMILES string of the molecule is Cc1ccccc1-c1nnc(C2CC3(C2)CN(C(=O)c2cc(O)ccc2F)C3)o1. The largest absolute Gasteiger partial charge is 0.508 e. The summed E-state index contributed by atoms with van der Waals surface area (Å²) in [7, 11) is 0. The molecule has 1 amide bonds. The minimum absolute atomic E-state index is 0.0466. The fraction of sp³-hybridized carbons (Fsp3) is 0.318. The Balaban J connectivity index is 1.22. The van der Waals surface area contributed by atoms with Gasteiger partial charge in [0.1, 0.15) is 11.6 Å². The molecule has 1 N–H and O–H groups in total. The van der Waals surface area contributed by atoms with Gasteiger partial charge >= 0.3 is 0 Å². The number of likely N-dealkylation sites (tertiary alicyclic amines) is 1. The molecule has 0 atom stereocenters. The van der Waals surface area contributed by atoms with Crippen LogP contribution < -0.4 is 0 Å². The van der Waals surface area contributed by atoms with E-state index in [-0.39, 0.29) is 28.6 Å². The molecule has 1 aliphatic heterocycles. The van der Waals surface area contributed by atoms with Crippen molar-refractivity contribution in [1.29, 1.82) is 0 Å². The van der Waals surface area contributed by atoms with E-state index in [4.69, 9.17) is 4.42 Å². The molecule has 0 radical (unpaired) electrons. The number of hydrogen-bond donors (Lipinski definition) is 1. The number of aromatic nitrogens is 2. The quantitative estimate of drug-likeness (QED) is 0.730. The maximum atomic E-state index is 13.9. The first kappa shape index (κ1) is 17.8. The zero-order valence-corrected chi connectivity index (χ0v) is 15.9. The smallest absolute Gasteiger partial charge is 0.257 e. The van der Waals surface area contributed by atoms with Gasteiger partial charge in [0.2, 0.25) is 11.8 Å². The number of nitrogens with zero attached hydrogens (tertiary/aromatic N) is 3. The Labute approximate surface area is 167 Å². The number of carbonyl (C=O) groups excluding carboxylic acids is 1. The number of aryl methyl sites for hydroxylation is 1. The average molecular weight is 393 g/mol. The second-order valence-electron chi connectivity index (χ2n) is 8.19. The molecule has 29 heavy (non-hydrogen) atoms. The number of aromatic hydroxyl groups is 1. The molecule has 0 unspecified atom stereocenters. The molecule has 2 heterocycles. The monoisotopic (exact) mass is 393 g/mol. The molecular weight excluding hydrogens is 373 g/mol. The van der Waals surface area contributed by atoms with Crippen LogP contribution in [0.1, 0.15) is 40.6 Å². The minimum Gasteiger partial charge on any atom is -0.508 e. The molecule has 6 nitrogen and oxygen atoms in total. The van der Waals surface area contributed by atoms with Gasteiger partial charge in [-0.25, -0.2) is 4.39 Å². The summed E-state index contributed by atoms with van der Waals surface area (Å²) in [5.41, 5.74) is 1.98. The zero-order chi connectivity index (χ0) is 20.2. The number of amides is 1. The Hall–Kier alpha value is -3.22. The van der Waals surface area contributed by atoms with Crippen molar-refractivity contribution < 1.29 is 18.7 Å². The van der Waals surface area contributed by atoms with E-state index in [1.165, 1.54) is 12.1 Å².